The summed E-state index contributed by atoms with van der Waals surface area (Å²) in [5, 5.41) is 6.48. The number of halogens is 1. The van der Waals surface area contributed by atoms with Crippen LogP contribution in [0.3, 0.4) is 0 Å². The number of ether oxygens (including phenoxy) is 1. The van der Waals surface area contributed by atoms with E-state index >= 15 is 0 Å². The van der Waals surface area contributed by atoms with Crippen molar-refractivity contribution in [1.82, 2.24) is 9.97 Å². The predicted molar refractivity (Wildman–Crippen MR) is 84.4 cm³/mol. The summed E-state index contributed by atoms with van der Waals surface area (Å²) in [4.78, 5) is 8.39. The Balaban J connectivity index is 1.95. The molecule has 0 saturated heterocycles. The molecule has 20 heavy (non-hydrogen) atoms. The van der Waals surface area contributed by atoms with Crippen LogP contribution in [0.25, 0.3) is 0 Å². The van der Waals surface area contributed by atoms with Crippen molar-refractivity contribution in [3.8, 4) is 0 Å². The van der Waals surface area contributed by atoms with E-state index in [2.05, 4.69) is 36.5 Å². The van der Waals surface area contributed by atoms with Crippen LogP contribution in [0.15, 0.2) is 41.1 Å². The Bertz CT molecular complexity index is 550. The lowest BCUT2D eigenvalue weighted by atomic mass is 10.3. The smallest absolute Gasteiger partial charge is 0.135 e. The lowest BCUT2D eigenvalue weighted by Crippen LogP contribution is -2.06. The molecule has 0 radical (unpaired) electrons. The molecular formula is C14H17BrN4O. The van der Waals surface area contributed by atoms with Gasteiger partial charge in [-0.1, -0.05) is 22.0 Å². The lowest BCUT2D eigenvalue weighted by Gasteiger charge is -2.08. The zero-order valence-electron chi connectivity index (χ0n) is 11.3. The van der Waals surface area contributed by atoms with E-state index in [1.165, 1.54) is 0 Å². The standard InChI is InChI=1S/C14H17BrN4O/c1-20-7-3-6-16-13-9-14(18-10-17-13)19-12-5-2-4-11(15)8-12/h2,4-5,8-10H,3,6-7H2,1H3,(H2,16,17,18,19). The van der Waals surface area contributed by atoms with Crippen LogP contribution in [-0.2, 0) is 4.74 Å². The second-order valence-corrected chi connectivity index (χ2v) is 5.11. The number of methoxy groups -OCH3 is 1. The van der Waals surface area contributed by atoms with E-state index in [0.717, 1.165) is 41.4 Å². The monoisotopic (exact) mass is 336 g/mol. The highest BCUT2D eigenvalue weighted by Crippen LogP contribution is 2.20. The molecule has 1 aromatic carbocycles. The molecule has 2 aromatic rings. The highest BCUT2D eigenvalue weighted by atomic mass is 79.9. The first-order chi connectivity index (χ1) is 9.78. The third-order valence-corrected chi connectivity index (χ3v) is 3.09. The van der Waals surface area contributed by atoms with E-state index in [4.69, 9.17) is 4.74 Å². The van der Waals surface area contributed by atoms with E-state index in [1.54, 1.807) is 13.4 Å². The van der Waals surface area contributed by atoms with Crippen LogP contribution in [0.4, 0.5) is 17.3 Å². The minimum Gasteiger partial charge on any atom is -0.385 e. The van der Waals surface area contributed by atoms with E-state index in [0.29, 0.717) is 0 Å². The maximum absolute atomic E-state index is 5.00. The molecule has 0 aliphatic heterocycles. The predicted octanol–water partition coefficient (Wildman–Crippen LogP) is 3.43. The van der Waals surface area contributed by atoms with Crippen molar-refractivity contribution in [3.05, 3.63) is 41.1 Å². The molecule has 0 bridgehead atoms. The maximum Gasteiger partial charge on any atom is 0.135 e. The third kappa shape index (κ3) is 4.79. The molecule has 6 heteroatoms. The van der Waals surface area contributed by atoms with Gasteiger partial charge in [-0.25, -0.2) is 9.97 Å². The van der Waals surface area contributed by atoms with Gasteiger partial charge in [0.05, 0.1) is 0 Å². The first kappa shape index (κ1) is 14.7. The molecule has 0 atom stereocenters. The largest absolute Gasteiger partial charge is 0.385 e. The minimum atomic E-state index is 0.737. The molecule has 0 spiro atoms. The van der Waals surface area contributed by atoms with Crippen LogP contribution in [0.2, 0.25) is 0 Å². The number of benzene rings is 1. The Kier molecular flexibility index (Phi) is 5.76. The number of hydrogen-bond acceptors (Lipinski definition) is 5. The normalized spacial score (nSPS) is 10.3. The Morgan fingerprint density at radius 2 is 2.05 bits per heavy atom. The van der Waals surface area contributed by atoms with Crippen LogP contribution < -0.4 is 10.6 Å². The molecular weight excluding hydrogens is 320 g/mol. The zero-order chi connectivity index (χ0) is 14.2. The van der Waals surface area contributed by atoms with E-state index in [9.17, 15) is 0 Å². The average molecular weight is 337 g/mol. The third-order valence-electron chi connectivity index (χ3n) is 2.60. The Morgan fingerprint density at radius 3 is 2.85 bits per heavy atom. The summed E-state index contributed by atoms with van der Waals surface area (Å²) in [6.07, 6.45) is 2.48. The molecule has 0 aliphatic carbocycles. The van der Waals surface area contributed by atoms with Gasteiger partial charge >= 0.3 is 0 Å². The van der Waals surface area contributed by atoms with Crippen molar-refractivity contribution in [2.45, 2.75) is 6.42 Å². The molecule has 5 nitrogen and oxygen atoms in total. The van der Waals surface area contributed by atoms with E-state index < -0.39 is 0 Å². The number of aromatic nitrogens is 2. The second-order valence-electron chi connectivity index (χ2n) is 4.20. The van der Waals surface area contributed by atoms with Gasteiger partial charge < -0.3 is 15.4 Å². The van der Waals surface area contributed by atoms with Gasteiger partial charge in [0.1, 0.15) is 18.0 Å². The van der Waals surface area contributed by atoms with Crippen molar-refractivity contribution in [2.75, 3.05) is 30.9 Å². The summed E-state index contributed by atoms with van der Waals surface area (Å²) in [6.45, 7) is 1.56. The molecule has 0 fully saturated rings. The zero-order valence-corrected chi connectivity index (χ0v) is 12.9. The van der Waals surface area contributed by atoms with E-state index in [1.807, 2.05) is 30.3 Å². The summed E-state index contributed by atoms with van der Waals surface area (Å²) in [6, 6.07) is 9.81. The molecule has 1 heterocycles. The average Bonchev–Trinajstić information content (AvgIpc) is 2.44. The lowest BCUT2D eigenvalue weighted by molar-refractivity contribution is 0.198. The Morgan fingerprint density at radius 1 is 1.20 bits per heavy atom. The van der Waals surface area contributed by atoms with Gasteiger partial charge in [0.25, 0.3) is 0 Å². The summed E-state index contributed by atoms with van der Waals surface area (Å²) >= 11 is 3.44. The minimum absolute atomic E-state index is 0.737. The first-order valence-electron chi connectivity index (χ1n) is 6.35. The van der Waals surface area contributed by atoms with Crippen molar-refractivity contribution < 1.29 is 4.74 Å². The highest BCUT2D eigenvalue weighted by Gasteiger charge is 2.00. The van der Waals surface area contributed by atoms with Crippen LogP contribution in [0.1, 0.15) is 6.42 Å². The quantitative estimate of drug-likeness (QED) is 0.758. The summed E-state index contributed by atoms with van der Waals surface area (Å²) in [5.74, 6) is 1.56. The van der Waals surface area contributed by atoms with Crippen LogP contribution in [-0.4, -0.2) is 30.2 Å². The number of nitrogens with zero attached hydrogens (tertiary/aromatic N) is 2. The number of anilines is 3. The van der Waals surface area contributed by atoms with Crippen LogP contribution in [0, 0.1) is 0 Å². The molecule has 0 unspecified atom stereocenters. The number of hydrogen-bond donors (Lipinski definition) is 2. The van der Waals surface area contributed by atoms with Gasteiger partial charge in [0.2, 0.25) is 0 Å². The molecule has 0 amide bonds. The fourth-order valence-electron chi connectivity index (χ4n) is 1.67. The van der Waals surface area contributed by atoms with Crippen LogP contribution >= 0.6 is 15.9 Å². The van der Waals surface area contributed by atoms with Crippen LogP contribution in [0.5, 0.6) is 0 Å². The second kappa shape index (κ2) is 7.81. The molecule has 2 rings (SSSR count). The molecule has 0 saturated carbocycles. The van der Waals surface area contributed by atoms with E-state index in [-0.39, 0.29) is 0 Å². The van der Waals surface area contributed by atoms with Gasteiger partial charge in [-0.15, -0.1) is 0 Å². The molecule has 1 aromatic heterocycles. The van der Waals surface area contributed by atoms with Gasteiger partial charge in [0.15, 0.2) is 0 Å². The molecule has 106 valence electrons. The summed E-state index contributed by atoms with van der Waals surface area (Å²) in [7, 11) is 1.70. The summed E-state index contributed by atoms with van der Waals surface area (Å²) in [5.41, 5.74) is 0.975. The number of nitrogens with one attached hydrogen (secondary N) is 2. The number of rotatable bonds is 7. The van der Waals surface area contributed by atoms with Gasteiger partial charge in [-0.3, -0.25) is 0 Å². The summed E-state index contributed by atoms with van der Waals surface area (Å²) < 4.78 is 6.03. The Hall–Kier alpha value is -1.66. The fraction of sp³-hybridized carbons (Fsp3) is 0.286. The molecule has 0 aliphatic rings. The first-order valence-corrected chi connectivity index (χ1v) is 7.14. The molecule has 2 N–H and O–H groups in total. The SMILES string of the molecule is COCCCNc1cc(Nc2cccc(Br)c2)ncn1. The van der Waals surface area contributed by atoms with Gasteiger partial charge in [-0.05, 0) is 24.6 Å². The topological polar surface area (TPSA) is 59.1 Å². The van der Waals surface area contributed by atoms with Crippen molar-refractivity contribution >= 4 is 33.3 Å². The van der Waals surface area contributed by atoms with Gasteiger partial charge in [-0.2, -0.15) is 0 Å². The van der Waals surface area contributed by atoms with Crippen molar-refractivity contribution in [1.29, 1.82) is 0 Å². The maximum atomic E-state index is 5.00. The fourth-order valence-corrected chi connectivity index (χ4v) is 2.07. The highest BCUT2D eigenvalue weighted by molar-refractivity contribution is 9.10. The van der Waals surface area contributed by atoms with Crippen molar-refractivity contribution in [3.63, 3.8) is 0 Å². The van der Waals surface area contributed by atoms with Crippen molar-refractivity contribution in [2.24, 2.45) is 0 Å². The Labute approximate surface area is 126 Å². The van der Waals surface area contributed by atoms with Gasteiger partial charge in [0, 0.05) is 36.5 Å².